The number of amides is 4. The van der Waals surface area contributed by atoms with Crippen LogP contribution in [0.1, 0.15) is 15.9 Å². The predicted molar refractivity (Wildman–Crippen MR) is 88.6 cm³/mol. The highest BCUT2D eigenvalue weighted by molar-refractivity contribution is 5.96. The second kappa shape index (κ2) is 9.11. The molecule has 0 saturated carbocycles. The van der Waals surface area contributed by atoms with Crippen molar-refractivity contribution in [3.8, 4) is 0 Å². The predicted octanol–water partition coefficient (Wildman–Crippen LogP) is 1.23. The molecule has 0 saturated heterocycles. The van der Waals surface area contributed by atoms with Crippen molar-refractivity contribution in [3.05, 3.63) is 71.3 Å². The lowest BCUT2D eigenvalue weighted by Gasteiger charge is -2.10. The Bertz CT molecular complexity index is 797. The highest BCUT2D eigenvalue weighted by Crippen LogP contribution is 2.05. The molecule has 2 aromatic carbocycles. The first kappa shape index (κ1) is 18.8. The van der Waals surface area contributed by atoms with E-state index < -0.39 is 30.2 Å². The van der Waals surface area contributed by atoms with E-state index in [0.29, 0.717) is 5.56 Å². The fourth-order valence-electron chi connectivity index (χ4n) is 1.89. The number of carbonyl (C=O) groups excluding carboxylic acids is 3. The Kier molecular flexibility index (Phi) is 6.60. The van der Waals surface area contributed by atoms with Crippen molar-refractivity contribution in [2.24, 2.45) is 0 Å². The van der Waals surface area contributed by atoms with Crippen LogP contribution in [0.5, 0.6) is 0 Å². The van der Waals surface area contributed by atoms with Gasteiger partial charge in [0.15, 0.2) is 0 Å². The summed E-state index contributed by atoms with van der Waals surface area (Å²) in [6.07, 6.45) is 0. The molecule has 0 heterocycles. The largest absolute Gasteiger partial charge is 0.334 e. The van der Waals surface area contributed by atoms with Gasteiger partial charge in [0, 0.05) is 6.54 Å². The van der Waals surface area contributed by atoms with Crippen molar-refractivity contribution in [3.63, 3.8) is 0 Å². The summed E-state index contributed by atoms with van der Waals surface area (Å²) >= 11 is 0. The van der Waals surface area contributed by atoms with Gasteiger partial charge < -0.3 is 10.6 Å². The molecule has 0 spiro atoms. The number of hydrazine groups is 1. The van der Waals surface area contributed by atoms with Crippen LogP contribution in [0.15, 0.2) is 48.5 Å². The molecule has 9 heteroatoms. The fraction of sp³-hybridized carbons (Fsp3) is 0.118. The van der Waals surface area contributed by atoms with Crippen LogP contribution in [0.4, 0.5) is 13.6 Å². The van der Waals surface area contributed by atoms with E-state index in [1.165, 1.54) is 42.5 Å². The Labute approximate surface area is 147 Å². The minimum Gasteiger partial charge on any atom is -0.334 e. The van der Waals surface area contributed by atoms with Gasteiger partial charge in [0.2, 0.25) is 0 Å². The minimum atomic E-state index is -0.822. The first-order chi connectivity index (χ1) is 12.5. The fourth-order valence-corrected chi connectivity index (χ4v) is 1.89. The molecule has 0 aliphatic heterocycles. The van der Waals surface area contributed by atoms with Crippen LogP contribution in [0.2, 0.25) is 0 Å². The van der Waals surface area contributed by atoms with E-state index in [0.717, 1.165) is 6.07 Å². The maximum absolute atomic E-state index is 13.4. The van der Waals surface area contributed by atoms with E-state index in [9.17, 15) is 23.2 Å². The van der Waals surface area contributed by atoms with Crippen LogP contribution in [-0.2, 0) is 11.3 Å². The summed E-state index contributed by atoms with van der Waals surface area (Å²) in [6, 6.07) is 10.2. The molecular weight excluding hydrogens is 346 g/mol. The van der Waals surface area contributed by atoms with Crippen LogP contribution < -0.4 is 21.5 Å². The van der Waals surface area contributed by atoms with Gasteiger partial charge in [-0.2, -0.15) is 0 Å². The van der Waals surface area contributed by atoms with Crippen molar-refractivity contribution >= 4 is 17.8 Å². The second-order valence-electron chi connectivity index (χ2n) is 5.14. The van der Waals surface area contributed by atoms with Gasteiger partial charge in [-0.3, -0.25) is 20.4 Å². The Morgan fingerprint density at radius 2 is 1.54 bits per heavy atom. The van der Waals surface area contributed by atoms with Crippen LogP contribution in [0.3, 0.4) is 0 Å². The average molecular weight is 362 g/mol. The van der Waals surface area contributed by atoms with Crippen LogP contribution in [0, 0.1) is 11.6 Å². The summed E-state index contributed by atoms with van der Waals surface area (Å²) in [4.78, 5) is 34.9. The topological polar surface area (TPSA) is 99.3 Å². The third kappa shape index (κ3) is 5.86. The molecule has 4 N–H and O–H groups in total. The molecule has 7 nitrogen and oxygen atoms in total. The quantitative estimate of drug-likeness (QED) is 0.602. The zero-order chi connectivity index (χ0) is 18.9. The third-order valence-electron chi connectivity index (χ3n) is 3.21. The van der Waals surface area contributed by atoms with Gasteiger partial charge in [-0.25, -0.2) is 13.6 Å². The Morgan fingerprint density at radius 1 is 0.846 bits per heavy atom. The number of carbonyl (C=O) groups is 3. The van der Waals surface area contributed by atoms with E-state index in [1.54, 1.807) is 0 Å². The summed E-state index contributed by atoms with van der Waals surface area (Å²) in [5.41, 5.74) is 4.55. The van der Waals surface area contributed by atoms with Gasteiger partial charge in [0.25, 0.3) is 11.8 Å². The van der Waals surface area contributed by atoms with Crippen molar-refractivity contribution in [1.29, 1.82) is 0 Å². The summed E-state index contributed by atoms with van der Waals surface area (Å²) in [5.74, 6) is -2.63. The first-order valence-electron chi connectivity index (χ1n) is 7.55. The van der Waals surface area contributed by atoms with E-state index in [4.69, 9.17) is 0 Å². The molecule has 2 aromatic rings. The number of halogens is 2. The second-order valence-corrected chi connectivity index (χ2v) is 5.14. The Morgan fingerprint density at radius 3 is 2.23 bits per heavy atom. The standard InChI is InChI=1S/C17H16F2N4O3/c18-12-7-5-11(6-8-12)9-20-17(26)21-10-15(24)22-23-16(25)13-3-1-2-4-14(13)19/h1-8H,9-10H2,(H,22,24)(H,23,25)(H2,20,21,26). The summed E-state index contributed by atoms with van der Waals surface area (Å²) in [7, 11) is 0. The molecule has 0 aliphatic carbocycles. The van der Waals surface area contributed by atoms with E-state index in [2.05, 4.69) is 16.1 Å². The Hall–Kier alpha value is -3.49. The highest BCUT2D eigenvalue weighted by atomic mass is 19.1. The van der Waals surface area contributed by atoms with Gasteiger partial charge >= 0.3 is 6.03 Å². The first-order valence-corrected chi connectivity index (χ1v) is 7.55. The summed E-state index contributed by atoms with van der Waals surface area (Å²) in [6.45, 7) is -0.259. The number of nitrogens with one attached hydrogen (secondary N) is 4. The van der Waals surface area contributed by atoms with E-state index in [1.807, 2.05) is 5.43 Å². The van der Waals surface area contributed by atoms with Crippen LogP contribution in [0.25, 0.3) is 0 Å². The molecule has 136 valence electrons. The average Bonchev–Trinajstić information content (AvgIpc) is 2.64. The normalized spacial score (nSPS) is 9.92. The zero-order valence-corrected chi connectivity index (χ0v) is 13.5. The number of urea groups is 1. The zero-order valence-electron chi connectivity index (χ0n) is 13.5. The molecule has 2 rings (SSSR count). The highest BCUT2D eigenvalue weighted by Gasteiger charge is 2.12. The molecule has 26 heavy (non-hydrogen) atoms. The van der Waals surface area contributed by atoms with Crippen molar-refractivity contribution < 1.29 is 23.2 Å². The van der Waals surface area contributed by atoms with Gasteiger partial charge in [-0.1, -0.05) is 24.3 Å². The number of benzene rings is 2. The molecule has 0 radical (unpaired) electrons. The lowest BCUT2D eigenvalue weighted by Crippen LogP contribution is -2.48. The van der Waals surface area contributed by atoms with Crippen molar-refractivity contribution in [2.75, 3.05) is 6.54 Å². The van der Waals surface area contributed by atoms with Crippen LogP contribution in [-0.4, -0.2) is 24.4 Å². The number of hydrogen-bond acceptors (Lipinski definition) is 3. The monoisotopic (exact) mass is 362 g/mol. The molecular formula is C17H16F2N4O3. The SMILES string of the molecule is O=C(CNC(=O)NCc1ccc(F)cc1)NNC(=O)c1ccccc1F. The molecule has 0 unspecified atom stereocenters. The smallest absolute Gasteiger partial charge is 0.315 e. The number of rotatable bonds is 5. The van der Waals surface area contributed by atoms with Gasteiger partial charge in [0.05, 0.1) is 5.56 Å². The lowest BCUT2D eigenvalue weighted by atomic mass is 10.2. The molecule has 4 amide bonds. The number of hydrogen-bond donors (Lipinski definition) is 4. The van der Waals surface area contributed by atoms with Gasteiger partial charge in [0.1, 0.15) is 18.2 Å². The Balaban J connectivity index is 1.68. The lowest BCUT2D eigenvalue weighted by molar-refractivity contribution is -0.120. The van der Waals surface area contributed by atoms with Gasteiger partial charge in [-0.15, -0.1) is 0 Å². The summed E-state index contributed by atoms with van der Waals surface area (Å²) < 4.78 is 26.2. The molecule has 0 atom stereocenters. The minimum absolute atomic E-state index is 0.151. The van der Waals surface area contributed by atoms with Gasteiger partial charge in [-0.05, 0) is 29.8 Å². The molecule has 0 aromatic heterocycles. The van der Waals surface area contributed by atoms with Crippen molar-refractivity contribution in [1.82, 2.24) is 21.5 Å². The van der Waals surface area contributed by atoms with Crippen molar-refractivity contribution in [2.45, 2.75) is 6.54 Å². The third-order valence-corrected chi connectivity index (χ3v) is 3.21. The summed E-state index contributed by atoms with van der Waals surface area (Å²) in [5, 5.41) is 4.76. The molecule has 0 aliphatic rings. The van der Waals surface area contributed by atoms with E-state index in [-0.39, 0.29) is 17.9 Å². The molecule has 0 bridgehead atoms. The maximum Gasteiger partial charge on any atom is 0.315 e. The maximum atomic E-state index is 13.4. The van der Waals surface area contributed by atoms with E-state index >= 15 is 0 Å². The molecule has 0 fully saturated rings. The van der Waals surface area contributed by atoms with Crippen LogP contribution >= 0.6 is 0 Å².